The average Bonchev–Trinajstić information content (AvgIpc) is 2.29. The van der Waals surface area contributed by atoms with Crippen molar-refractivity contribution in [2.24, 2.45) is 5.73 Å². The lowest BCUT2D eigenvalue weighted by molar-refractivity contribution is 0.615. The Bertz CT molecular complexity index is 504. The summed E-state index contributed by atoms with van der Waals surface area (Å²) in [6.45, 7) is 0. The fraction of sp³-hybridized carbons (Fsp3) is 0.0909. The molecule has 0 saturated heterocycles. The van der Waals surface area contributed by atoms with E-state index in [1.165, 1.54) is 12.3 Å². The lowest BCUT2D eigenvalue weighted by atomic mass is 10.1. The Labute approximate surface area is 97.1 Å². The second kappa shape index (κ2) is 4.55. The van der Waals surface area contributed by atoms with Crippen LogP contribution in [0.5, 0.6) is 0 Å². The minimum Gasteiger partial charge on any atom is -0.319 e. The lowest BCUT2D eigenvalue weighted by Gasteiger charge is -2.12. The minimum absolute atomic E-state index is 0.431. The van der Waals surface area contributed by atoms with Gasteiger partial charge in [0, 0.05) is 12.4 Å². The molecule has 0 spiro atoms. The SMILES string of the molecule is NC(c1cncc(F)c1)c1ncccc1Cl. The van der Waals surface area contributed by atoms with Crippen LogP contribution in [0.15, 0.2) is 36.8 Å². The molecule has 0 aromatic carbocycles. The summed E-state index contributed by atoms with van der Waals surface area (Å²) in [6, 6.07) is 4.15. The molecule has 2 rings (SSSR count). The molecule has 0 aliphatic carbocycles. The van der Waals surface area contributed by atoms with Gasteiger partial charge < -0.3 is 5.73 Å². The van der Waals surface area contributed by atoms with E-state index in [2.05, 4.69) is 9.97 Å². The summed E-state index contributed by atoms with van der Waals surface area (Å²) in [5.74, 6) is -0.431. The van der Waals surface area contributed by atoms with Crippen molar-refractivity contribution >= 4 is 11.6 Å². The second-order valence-corrected chi connectivity index (χ2v) is 3.69. The molecule has 0 radical (unpaired) electrons. The Morgan fingerprint density at radius 3 is 2.88 bits per heavy atom. The Balaban J connectivity index is 2.39. The highest BCUT2D eigenvalue weighted by molar-refractivity contribution is 6.31. The van der Waals surface area contributed by atoms with Gasteiger partial charge in [0.25, 0.3) is 0 Å². The normalized spacial score (nSPS) is 12.4. The van der Waals surface area contributed by atoms with Gasteiger partial charge in [0.1, 0.15) is 5.82 Å². The third-order valence-corrected chi connectivity index (χ3v) is 2.49. The number of aromatic nitrogens is 2. The van der Waals surface area contributed by atoms with Crippen molar-refractivity contribution < 1.29 is 4.39 Å². The molecule has 2 heterocycles. The molecule has 0 fully saturated rings. The second-order valence-electron chi connectivity index (χ2n) is 3.28. The Morgan fingerprint density at radius 2 is 2.19 bits per heavy atom. The van der Waals surface area contributed by atoms with Gasteiger partial charge in [0.2, 0.25) is 0 Å². The molecule has 82 valence electrons. The zero-order valence-corrected chi connectivity index (χ0v) is 9.03. The smallest absolute Gasteiger partial charge is 0.141 e. The average molecular weight is 238 g/mol. The first kappa shape index (κ1) is 11.0. The summed E-state index contributed by atoms with van der Waals surface area (Å²) in [5.41, 5.74) is 6.99. The highest BCUT2D eigenvalue weighted by atomic mass is 35.5. The van der Waals surface area contributed by atoms with Gasteiger partial charge in [-0.3, -0.25) is 9.97 Å². The van der Waals surface area contributed by atoms with Gasteiger partial charge in [-0.1, -0.05) is 11.6 Å². The number of halogens is 2. The van der Waals surface area contributed by atoms with Crippen molar-refractivity contribution in [1.29, 1.82) is 0 Å². The standard InChI is InChI=1S/C11H9ClFN3/c12-9-2-1-3-16-11(9)10(14)7-4-8(13)6-15-5-7/h1-6,10H,14H2. The van der Waals surface area contributed by atoms with E-state index in [0.29, 0.717) is 16.3 Å². The molecule has 3 nitrogen and oxygen atoms in total. The molecule has 0 saturated carbocycles. The van der Waals surface area contributed by atoms with Gasteiger partial charge in [0.15, 0.2) is 0 Å². The topological polar surface area (TPSA) is 51.8 Å². The van der Waals surface area contributed by atoms with Crippen LogP contribution < -0.4 is 5.73 Å². The third-order valence-electron chi connectivity index (χ3n) is 2.17. The van der Waals surface area contributed by atoms with E-state index in [1.54, 1.807) is 18.3 Å². The van der Waals surface area contributed by atoms with Crippen molar-refractivity contribution in [2.45, 2.75) is 6.04 Å². The molecular weight excluding hydrogens is 229 g/mol. The highest BCUT2D eigenvalue weighted by Gasteiger charge is 2.14. The largest absolute Gasteiger partial charge is 0.319 e. The molecule has 0 bridgehead atoms. The van der Waals surface area contributed by atoms with Crippen LogP contribution in [-0.4, -0.2) is 9.97 Å². The zero-order valence-electron chi connectivity index (χ0n) is 8.27. The van der Waals surface area contributed by atoms with E-state index in [-0.39, 0.29) is 0 Å². The summed E-state index contributed by atoms with van der Waals surface area (Å²) in [4.78, 5) is 7.81. The van der Waals surface area contributed by atoms with Crippen LogP contribution in [0.4, 0.5) is 4.39 Å². The number of rotatable bonds is 2. The Hall–Kier alpha value is -1.52. The van der Waals surface area contributed by atoms with Crippen LogP contribution in [0.25, 0.3) is 0 Å². The van der Waals surface area contributed by atoms with E-state index in [9.17, 15) is 4.39 Å². The van der Waals surface area contributed by atoms with Crippen molar-refractivity contribution in [3.63, 3.8) is 0 Å². The first-order valence-corrected chi connectivity index (χ1v) is 5.02. The molecule has 1 unspecified atom stereocenters. The van der Waals surface area contributed by atoms with E-state index in [0.717, 1.165) is 6.20 Å². The van der Waals surface area contributed by atoms with Crippen molar-refractivity contribution in [1.82, 2.24) is 9.97 Å². The highest BCUT2D eigenvalue weighted by Crippen LogP contribution is 2.23. The summed E-state index contributed by atoms with van der Waals surface area (Å²) >= 11 is 5.95. The predicted molar refractivity (Wildman–Crippen MR) is 59.5 cm³/mol. The van der Waals surface area contributed by atoms with E-state index < -0.39 is 11.9 Å². The molecule has 2 aromatic heterocycles. The summed E-state index contributed by atoms with van der Waals surface area (Å²) < 4.78 is 13.0. The van der Waals surface area contributed by atoms with Gasteiger partial charge >= 0.3 is 0 Å². The molecule has 1 atom stereocenters. The fourth-order valence-corrected chi connectivity index (χ4v) is 1.62. The Morgan fingerprint density at radius 1 is 1.38 bits per heavy atom. The van der Waals surface area contributed by atoms with E-state index in [4.69, 9.17) is 17.3 Å². The van der Waals surface area contributed by atoms with Gasteiger partial charge in [-0.05, 0) is 23.8 Å². The maximum absolute atomic E-state index is 13.0. The van der Waals surface area contributed by atoms with Crippen LogP contribution in [0.2, 0.25) is 5.02 Å². The molecule has 0 aliphatic heterocycles. The van der Waals surface area contributed by atoms with Crippen molar-refractivity contribution in [3.05, 3.63) is 58.9 Å². The minimum atomic E-state index is -0.572. The van der Waals surface area contributed by atoms with Crippen LogP contribution in [-0.2, 0) is 0 Å². The summed E-state index contributed by atoms with van der Waals surface area (Å²) in [6.07, 6.45) is 4.21. The van der Waals surface area contributed by atoms with Gasteiger partial charge in [-0.25, -0.2) is 4.39 Å². The molecular formula is C11H9ClFN3. The van der Waals surface area contributed by atoms with Gasteiger partial charge in [0.05, 0.1) is 23.0 Å². The quantitative estimate of drug-likeness (QED) is 0.872. The summed E-state index contributed by atoms with van der Waals surface area (Å²) in [7, 11) is 0. The number of pyridine rings is 2. The first-order valence-electron chi connectivity index (χ1n) is 4.65. The van der Waals surface area contributed by atoms with Crippen molar-refractivity contribution in [2.75, 3.05) is 0 Å². The van der Waals surface area contributed by atoms with Crippen LogP contribution >= 0.6 is 11.6 Å². The van der Waals surface area contributed by atoms with Crippen LogP contribution in [0.3, 0.4) is 0 Å². The maximum atomic E-state index is 13.0. The number of nitrogens with two attached hydrogens (primary N) is 1. The van der Waals surface area contributed by atoms with E-state index >= 15 is 0 Å². The Kier molecular flexibility index (Phi) is 3.12. The lowest BCUT2D eigenvalue weighted by Crippen LogP contribution is -2.14. The fourth-order valence-electron chi connectivity index (χ4n) is 1.38. The maximum Gasteiger partial charge on any atom is 0.141 e. The predicted octanol–water partition coefficient (Wildman–Crippen LogP) is 2.32. The monoisotopic (exact) mass is 237 g/mol. The number of hydrogen-bond donors (Lipinski definition) is 1. The van der Waals surface area contributed by atoms with Gasteiger partial charge in [-0.15, -0.1) is 0 Å². The zero-order chi connectivity index (χ0) is 11.5. The van der Waals surface area contributed by atoms with Crippen molar-refractivity contribution in [3.8, 4) is 0 Å². The molecule has 2 aromatic rings. The first-order chi connectivity index (χ1) is 7.68. The summed E-state index contributed by atoms with van der Waals surface area (Å²) in [5, 5.41) is 0.458. The van der Waals surface area contributed by atoms with E-state index in [1.807, 2.05) is 0 Å². The molecule has 0 aliphatic rings. The van der Waals surface area contributed by atoms with Crippen LogP contribution in [0, 0.1) is 5.82 Å². The number of hydrogen-bond acceptors (Lipinski definition) is 3. The molecule has 2 N–H and O–H groups in total. The number of nitrogens with zero attached hydrogens (tertiary/aromatic N) is 2. The van der Waals surface area contributed by atoms with Crippen LogP contribution in [0.1, 0.15) is 17.3 Å². The molecule has 0 amide bonds. The molecule has 16 heavy (non-hydrogen) atoms. The molecule has 5 heteroatoms. The van der Waals surface area contributed by atoms with Gasteiger partial charge in [-0.2, -0.15) is 0 Å². The third kappa shape index (κ3) is 2.18.